The minimum atomic E-state index is -3.63. The molecule has 6 atom stereocenters. The summed E-state index contributed by atoms with van der Waals surface area (Å²) in [6, 6.07) is -4.27. The second-order valence-electron chi connectivity index (χ2n) is 17.0. The average molecular weight is 751 g/mol. The van der Waals surface area contributed by atoms with Gasteiger partial charge in [-0.2, -0.15) is 0 Å². The molecular formula is C38H66N6O7S. The molecule has 52 heavy (non-hydrogen) atoms. The Labute approximate surface area is 312 Å². The zero-order valence-corrected chi connectivity index (χ0v) is 33.7. The van der Waals surface area contributed by atoms with Crippen molar-refractivity contribution in [1.82, 2.24) is 30.5 Å². The van der Waals surface area contributed by atoms with E-state index in [1.165, 1.54) is 10.4 Å². The largest absolute Gasteiger partial charge is 0.346 e. The van der Waals surface area contributed by atoms with Crippen LogP contribution in [0.3, 0.4) is 0 Å². The van der Waals surface area contributed by atoms with Crippen molar-refractivity contribution in [1.29, 1.82) is 0 Å². The maximum atomic E-state index is 14.9. The predicted molar refractivity (Wildman–Crippen MR) is 203 cm³/mol. The van der Waals surface area contributed by atoms with Crippen LogP contribution < -0.4 is 21.3 Å². The topological polar surface area (TPSA) is 174 Å². The molecule has 1 aliphatic carbocycles. The van der Waals surface area contributed by atoms with Crippen molar-refractivity contribution in [3.8, 4) is 0 Å². The fourth-order valence-electron chi connectivity index (χ4n) is 8.34. The molecule has 3 fully saturated rings. The number of carbonyl (C=O) groups excluding carboxylic acids is 5. The Morgan fingerprint density at radius 1 is 0.981 bits per heavy atom. The Balaban J connectivity index is 1.96. The molecule has 0 aromatic heterocycles. The molecule has 0 aromatic rings. The van der Waals surface area contributed by atoms with E-state index in [1.807, 2.05) is 34.6 Å². The van der Waals surface area contributed by atoms with Crippen LogP contribution in [0.5, 0.6) is 0 Å². The molecule has 1 unspecified atom stereocenters. The first kappa shape index (κ1) is 43.4. The number of unbranched alkanes of at least 4 members (excludes halogenated alkanes) is 1. The first-order valence-corrected chi connectivity index (χ1v) is 20.8. The van der Waals surface area contributed by atoms with Gasteiger partial charge in [0.15, 0.2) is 0 Å². The maximum Gasteiger partial charge on any atom is 0.315 e. The summed E-state index contributed by atoms with van der Waals surface area (Å²) in [6.45, 7) is 18.1. The normalized spacial score (nSPS) is 24.8. The van der Waals surface area contributed by atoms with Gasteiger partial charge in [-0.25, -0.2) is 17.5 Å². The van der Waals surface area contributed by atoms with Gasteiger partial charge in [0.25, 0.3) is 5.91 Å². The quantitative estimate of drug-likeness (QED) is 0.137. The van der Waals surface area contributed by atoms with Gasteiger partial charge in [0.1, 0.15) is 12.1 Å². The zero-order chi connectivity index (χ0) is 39.0. The summed E-state index contributed by atoms with van der Waals surface area (Å²) < 4.78 is 27.8. The lowest BCUT2D eigenvalue weighted by Gasteiger charge is -2.43. The number of amides is 5. The van der Waals surface area contributed by atoms with Gasteiger partial charge < -0.3 is 26.2 Å². The second-order valence-corrected chi connectivity index (χ2v) is 19.3. The SMILES string of the molecule is C=CCNC(=O)C(=O)C(CCCC)NC(=O)[C@@H]1[C@@H](CC(C)C)CCN1C(=O)[C@@H](NC(=O)N[C@H]([C@H]1CCN(C)S1(=O)=O)C(C)(C)C)C1(C)CCCCC1. The molecule has 4 N–H and O–H groups in total. The van der Waals surface area contributed by atoms with E-state index in [1.54, 1.807) is 11.9 Å². The highest BCUT2D eigenvalue weighted by molar-refractivity contribution is 7.90. The molecule has 5 amide bonds. The number of likely N-dealkylation sites (tertiary alicyclic amines) is 1. The van der Waals surface area contributed by atoms with Crippen LogP contribution in [0.1, 0.15) is 119 Å². The van der Waals surface area contributed by atoms with Gasteiger partial charge in [-0.15, -0.1) is 6.58 Å². The van der Waals surface area contributed by atoms with Crippen molar-refractivity contribution in [2.75, 3.05) is 26.7 Å². The summed E-state index contributed by atoms with van der Waals surface area (Å²) in [5, 5.41) is 10.5. The molecule has 2 saturated heterocycles. The van der Waals surface area contributed by atoms with Gasteiger partial charge in [-0.3, -0.25) is 19.2 Å². The number of nitrogens with zero attached hydrogens (tertiary/aromatic N) is 2. The predicted octanol–water partition coefficient (Wildman–Crippen LogP) is 3.88. The average Bonchev–Trinajstić information content (AvgIpc) is 3.60. The summed E-state index contributed by atoms with van der Waals surface area (Å²) in [7, 11) is -2.09. The first-order valence-electron chi connectivity index (χ1n) is 19.3. The third-order valence-corrected chi connectivity index (χ3v) is 13.6. The number of ketones is 1. The third kappa shape index (κ3) is 10.6. The van der Waals surface area contributed by atoms with Crippen LogP contribution in [0.2, 0.25) is 0 Å². The number of Topliss-reactive ketones (excluding diaryl/α,β-unsaturated/α-hetero) is 1. The lowest BCUT2D eigenvalue weighted by atomic mass is 9.70. The summed E-state index contributed by atoms with van der Waals surface area (Å²) >= 11 is 0. The van der Waals surface area contributed by atoms with Gasteiger partial charge in [-0.1, -0.05) is 86.6 Å². The Morgan fingerprint density at radius 3 is 2.17 bits per heavy atom. The third-order valence-electron chi connectivity index (χ3n) is 11.3. The number of hydrogen-bond donors (Lipinski definition) is 4. The molecule has 2 aliphatic heterocycles. The van der Waals surface area contributed by atoms with Gasteiger partial charge in [0, 0.05) is 26.7 Å². The molecule has 3 aliphatic rings. The standard InChI is InChI=1S/C38H66N6O7S/c1-10-12-16-27(30(45)34(47)39-21-11-2)40-33(46)29-26(24-25(3)4)17-23-44(29)35(48)32(38(8)19-14-13-15-20-38)42-36(49)41-31(37(5,6)7)28-18-22-43(9)52(28,50)51/h11,25-29,31-32H,2,10,12-24H2,1,3-9H3,(H,39,47)(H,40,46)(H2,41,42,49)/t26-,27?,28-,29+,31-,32-/m1/s1. The van der Waals surface area contributed by atoms with Crippen LogP contribution in [0.15, 0.2) is 12.7 Å². The summed E-state index contributed by atoms with van der Waals surface area (Å²) in [5.74, 6) is -2.35. The molecular weight excluding hydrogens is 685 g/mol. The Bertz CT molecular complexity index is 1400. The number of sulfonamides is 1. The van der Waals surface area contributed by atoms with Gasteiger partial charge in [0.2, 0.25) is 27.6 Å². The number of rotatable bonds is 16. The van der Waals surface area contributed by atoms with E-state index in [-0.39, 0.29) is 30.7 Å². The van der Waals surface area contributed by atoms with Crippen LogP contribution in [0.25, 0.3) is 0 Å². The fraction of sp³-hybridized carbons (Fsp3) is 0.816. The van der Waals surface area contributed by atoms with E-state index >= 15 is 0 Å². The number of nitrogens with one attached hydrogen (secondary N) is 4. The minimum absolute atomic E-state index is 0.116. The summed E-state index contributed by atoms with van der Waals surface area (Å²) in [6.07, 6.45) is 8.91. The van der Waals surface area contributed by atoms with Crippen molar-refractivity contribution >= 4 is 39.6 Å². The molecule has 0 aromatic carbocycles. The van der Waals surface area contributed by atoms with E-state index < -0.39 is 73.9 Å². The zero-order valence-electron chi connectivity index (χ0n) is 32.9. The second kappa shape index (κ2) is 18.4. The Kier molecular flexibility index (Phi) is 15.3. The van der Waals surface area contributed by atoms with Gasteiger partial charge >= 0.3 is 6.03 Å². The van der Waals surface area contributed by atoms with Crippen molar-refractivity contribution in [2.45, 2.75) is 149 Å². The lowest BCUT2D eigenvalue weighted by molar-refractivity contribution is -0.145. The van der Waals surface area contributed by atoms with Crippen molar-refractivity contribution in [3.63, 3.8) is 0 Å². The lowest BCUT2D eigenvalue weighted by Crippen LogP contribution is -2.63. The van der Waals surface area contributed by atoms with Gasteiger partial charge in [-0.05, 0) is 61.2 Å². The number of hydrogen-bond acceptors (Lipinski definition) is 7. The highest BCUT2D eigenvalue weighted by atomic mass is 32.2. The number of carbonyl (C=O) groups is 5. The molecule has 1 saturated carbocycles. The minimum Gasteiger partial charge on any atom is -0.346 e. The highest BCUT2D eigenvalue weighted by Gasteiger charge is 2.51. The molecule has 3 rings (SSSR count). The van der Waals surface area contributed by atoms with E-state index in [2.05, 4.69) is 41.7 Å². The van der Waals surface area contributed by atoms with Crippen LogP contribution in [-0.2, 0) is 29.2 Å². The van der Waals surface area contributed by atoms with E-state index in [4.69, 9.17) is 0 Å². The van der Waals surface area contributed by atoms with E-state index in [0.717, 1.165) is 25.7 Å². The van der Waals surface area contributed by atoms with E-state index in [9.17, 15) is 32.4 Å². The van der Waals surface area contributed by atoms with Crippen LogP contribution >= 0.6 is 0 Å². The Morgan fingerprint density at radius 2 is 1.63 bits per heavy atom. The monoisotopic (exact) mass is 750 g/mol. The smallest absolute Gasteiger partial charge is 0.315 e. The van der Waals surface area contributed by atoms with Crippen molar-refractivity contribution in [2.24, 2.45) is 22.7 Å². The van der Waals surface area contributed by atoms with E-state index in [0.29, 0.717) is 51.6 Å². The molecule has 0 bridgehead atoms. The molecule has 296 valence electrons. The highest BCUT2D eigenvalue weighted by Crippen LogP contribution is 2.41. The molecule has 2 heterocycles. The van der Waals surface area contributed by atoms with Gasteiger partial charge in [0.05, 0.1) is 17.3 Å². The van der Waals surface area contributed by atoms with Crippen LogP contribution in [0.4, 0.5) is 4.79 Å². The maximum absolute atomic E-state index is 14.9. The van der Waals surface area contributed by atoms with Crippen LogP contribution in [-0.4, -0.2) is 103 Å². The summed E-state index contributed by atoms with van der Waals surface area (Å²) in [4.78, 5) is 70.6. The first-order chi connectivity index (χ1) is 24.3. The molecule has 0 spiro atoms. The van der Waals surface area contributed by atoms with Crippen LogP contribution in [0, 0.1) is 22.7 Å². The van der Waals surface area contributed by atoms with Crippen molar-refractivity contribution < 1.29 is 32.4 Å². The number of urea groups is 1. The Hall–Kier alpha value is -3.00. The molecule has 13 nitrogen and oxygen atoms in total. The molecule has 0 radical (unpaired) electrons. The van der Waals surface area contributed by atoms with Crippen molar-refractivity contribution in [3.05, 3.63) is 12.7 Å². The summed E-state index contributed by atoms with van der Waals surface area (Å²) in [5.41, 5.74) is -1.21. The fourth-order valence-corrected chi connectivity index (χ4v) is 10.4. The molecule has 14 heteroatoms.